The molecule has 5 heteroatoms. The Kier molecular flexibility index (Phi) is 7.74. The number of Topliss-reactive ketones (excluding diaryl/α,β-unsaturated/α-hetero) is 1. The van der Waals surface area contributed by atoms with E-state index in [1.54, 1.807) is 14.0 Å². The summed E-state index contributed by atoms with van der Waals surface area (Å²) in [5.74, 6) is 2.74. The van der Waals surface area contributed by atoms with Gasteiger partial charge in [0.15, 0.2) is 11.5 Å². The molecule has 4 aliphatic rings. The Bertz CT molecular complexity index is 1170. The molecule has 2 heterocycles. The maximum Gasteiger partial charge on any atom is 0.165 e. The molecule has 5 nitrogen and oxygen atoms in total. The monoisotopic (exact) mass is 530 g/mol. The van der Waals surface area contributed by atoms with E-state index in [-0.39, 0.29) is 17.3 Å². The third-order valence-corrected chi connectivity index (χ3v) is 10.4. The molecular weight excluding hydrogens is 484 g/mol. The Morgan fingerprint density at radius 3 is 2.69 bits per heavy atom. The minimum atomic E-state index is 0.0431. The number of hydrogen-bond acceptors (Lipinski definition) is 5. The second-order valence-corrected chi connectivity index (χ2v) is 12.4. The summed E-state index contributed by atoms with van der Waals surface area (Å²) in [6.07, 6.45) is 10.9. The van der Waals surface area contributed by atoms with Crippen LogP contribution >= 0.6 is 0 Å². The second-order valence-electron chi connectivity index (χ2n) is 12.4. The molecule has 2 aliphatic carbocycles. The highest BCUT2D eigenvalue weighted by molar-refractivity contribution is 5.77. The van der Waals surface area contributed by atoms with Crippen molar-refractivity contribution in [3.05, 3.63) is 59.2 Å². The van der Waals surface area contributed by atoms with Gasteiger partial charge in [0.2, 0.25) is 0 Å². The van der Waals surface area contributed by atoms with Gasteiger partial charge in [-0.1, -0.05) is 56.2 Å². The van der Waals surface area contributed by atoms with Crippen molar-refractivity contribution in [1.29, 1.82) is 0 Å². The number of aryl methyl sites for hydroxylation is 1. The number of hydrogen-bond donors (Lipinski definition) is 0. The van der Waals surface area contributed by atoms with Crippen molar-refractivity contribution in [2.24, 2.45) is 5.92 Å². The van der Waals surface area contributed by atoms with Crippen LogP contribution in [0.5, 0.6) is 11.5 Å². The zero-order valence-electron chi connectivity index (χ0n) is 24.2. The van der Waals surface area contributed by atoms with Gasteiger partial charge < -0.3 is 9.47 Å². The van der Waals surface area contributed by atoms with E-state index in [1.165, 1.54) is 61.6 Å². The predicted octanol–water partition coefficient (Wildman–Crippen LogP) is 5.82. The lowest BCUT2D eigenvalue weighted by Crippen LogP contribution is -2.69. The standard InChI is InChI=1S/C34H46N2O3/c1-4-35(20-11-6-5-8-12-25-13-9-7-10-14-25)28-17-16-27-29-22-26-15-18-30(38-3)32-31(26)34(27,33(28)39-32)19-21-36(29)23-24(2)37/h7,9-10,13-15,18,27-29,33H,4-6,8,11-12,16-17,19-23H2,1-3H3/t27-,28+,29+,33-,34-/m0/s1. The molecule has 5 atom stereocenters. The predicted molar refractivity (Wildman–Crippen MR) is 156 cm³/mol. The van der Waals surface area contributed by atoms with Gasteiger partial charge in [-0.3, -0.25) is 14.6 Å². The molecule has 1 saturated carbocycles. The first-order valence-electron chi connectivity index (χ1n) is 15.4. The number of benzene rings is 2. The number of rotatable bonds is 12. The highest BCUT2D eigenvalue weighted by Gasteiger charge is 2.66. The Morgan fingerprint density at radius 1 is 1.10 bits per heavy atom. The number of ether oxygens (including phenoxy) is 2. The lowest BCUT2D eigenvalue weighted by molar-refractivity contribution is -0.123. The molecule has 0 unspecified atom stereocenters. The Hall–Kier alpha value is -2.37. The van der Waals surface area contributed by atoms with E-state index >= 15 is 0 Å². The number of carbonyl (C=O) groups is 1. The molecule has 2 fully saturated rings. The van der Waals surface area contributed by atoms with Crippen LogP contribution < -0.4 is 9.47 Å². The lowest BCUT2D eigenvalue weighted by Gasteiger charge is -2.60. The summed E-state index contributed by atoms with van der Waals surface area (Å²) in [4.78, 5) is 17.4. The van der Waals surface area contributed by atoms with Crippen molar-refractivity contribution in [2.45, 2.75) is 95.2 Å². The maximum absolute atomic E-state index is 12.2. The number of ketones is 1. The van der Waals surface area contributed by atoms with Crippen molar-refractivity contribution in [2.75, 3.05) is 33.3 Å². The first-order chi connectivity index (χ1) is 19.1. The second kappa shape index (κ2) is 11.2. The fraction of sp³-hybridized carbons (Fsp3) is 0.618. The number of likely N-dealkylation sites (tertiary alicyclic amines) is 1. The highest BCUT2D eigenvalue weighted by atomic mass is 16.5. The third kappa shape index (κ3) is 4.70. The van der Waals surface area contributed by atoms with E-state index in [0.29, 0.717) is 24.5 Å². The fourth-order valence-corrected chi connectivity index (χ4v) is 8.81. The van der Waals surface area contributed by atoms with Crippen LogP contribution in [0, 0.1) is 5.92 Å². The summed E-state index contributed by atoms with van der Waals surface area (Å²) in [6, 6.07) is 16.1. The van der Waals surface area contributed by atoms with Gasteiger partial charge in [-0.2, -0.15) is 0 Å². The van der Waals surface area contributed by atoms with E-state index in [2.05, 4.69) is 59.2 Å². The minimum absolute atomic E-state index is 0.0431. The molecular formula is C34H46N2O3. The number of nitrogens with zero attached hydrogens (tertiary/aromatic N) is 2. The van der Waals surface area contributed by atoms with Crippen LogP contribution in [-0.2, 0) is 23.1 Å². The molecule has 0 N–H and O–H groups in total. The fourth-order valence-electron chi connectivity index (χ4n) is 8.81. The van der Waals surface area contributed by atoms with Crippen molar-refractivity contribution >= 4 is 5.78 Å². The van der Waals surface area contributed by atoms with Crippen LogP contribution in [0.3, 0.4) is 0 Å². The Morgan fingerprint density at radius 2 is 1.92 bits per heavy atom. The van der Waals surface area contributed by atoms with Crippen LogP contribution in [0.4, 0.5) is 0 Å². The topological polar surface area (TPSA) is 42.0 Å². The zero-order valence-corrected chi connectivity index (χ0v) is 24.2. The molecule has 6 rings (SSSR count). The number of likely N-dealkylation sites (N-methyl/N-ethyl adjacent to an activating group) is 1. The van der Waals surface area contributed by atoms with E-state index in [9.17, 15) is 4.79 Å². The van der Waals surface area contributed by atoms with E-state index in [1.807, 2.05) is 0 Å². The molecule has 0 aromatic heterocycles. The quantitative estimate of drug-likeness (QED) is 0.324. The molecule has 2 aromatic rings. The molecule has 2 aliphatic heterocycles. The smallest absolute Gasteiger partial charge is 0.165 e. The number of carbonyl (C=O) groups excluding carboxylic acids is 1. The average molecular weight is 531 g/mol. The van der Waals surface area contributed by atoms with Crippen LogP contribution in [-0.4, -0.2) is 67.1 Å². The molecule has 2 bridgehead atoms. The Balaban J connectivity index is 1.19. The molecule has 39 heavy (non-hydrogen) atoms. The van der Waals surface area contributed by atoms with Gasteiger partial charge >= 0.3 is 0 Å². The number of methoxy groups -OCH3 is 1. The molecule has 0 radical (unpaired) electrons. The molecule has 1 saturated heterocycles. The molecule has 0 amide bonds. The Labute approximate surface area is 234 Å². The van der Waals surface area contributed by atoms with Gasteiger partial charge in [0.25, 0.3) is 0 Å². The number of unbranched alkanes of at least 4 members (excludes halogenated alkanes) is 3. The largest absolute Gasteiger partial charge is 0.493 e. The van der Waals surface area contributed by atoms with E-state index < -0.39 is 0 Å². The van der Waals surface area contributed by atoms with E-state index in [4.69, 9.17) is 9.47 Å². The van der Waals surface area contributed by atoms with Gasteiger partial charge in [-0.05, 0) is 94.6 Å². The molecule has 210 valence electrons. The normalized spacial score (nSPS) is 28.7. The van der Waals surface area contributed by atoms with Gasteiger partial charge in [-0.25, -0.2) is 0 Å². The summed E-state index contributed by atoms with van der Waals surface area (Å²) in [7, 11) is 1.77. The molecule has 2 aromatic carbocycles. The lowest BCUT2D eigenvalue weighted by atomic mass is 9.51. The first-order valence-corrected chi connectivity index (χ1v) is 15.4. The van der Waals surface area contributed by atoms with Crippen LogP contribution in [0.15, 0.2) is 42.5 Å². The summed E-state index contributed by atoms with van der Waals surface area (Å²) < 4.78 is 12.9. The zero-order chi connectivity index (χ0) is 27.0. The van der Waals surface area contributed by atoms with Gasteiger partial charge in [0.05, 0.1) is 13.7 Å². The summed E-state index contributed by atoms with van der Waals surface area (Å²) in [5.41, 5.74) is 4.38. The third-order valence-electron chi connectivity index (χ3n) is 10.4. The van der Waals surface area contributed by atoms with Crippen molar-refractivity contribution < 1.29 is 14.3 Å². The van der Waals surface area contributed by atoms with Crippen molar-refractivity contribution in [1.82, 2.24) is 9.80 Å². The van der Waals surface area contributed by atoms with Crippen LogP contribution in [0.2, 0.25) is 0 Å². The average Bonchev–Trinajstić information content (AvgIpc) is 3.30. The van der Waals surface area contributed by atoms with E-state index in [0.717, 1.165) is 44.0 Å². The van der Waals surface area contributed by atoms with Gasteiger partial charge in [0, 0.05) is 23.1 Å². The maximum atomic E-state index is 12.2. The minimum Gasteiger partial charge on any atom is -0.493 e. The molecule has 1 spiro atoms. The summed E-state index contributed by atoms with van der Waals surface area (Å²) in [6.45, 7) is 7.84. The van der Waals surface area contributed by atoms with Gasteiger partial charge in [-0.15, -0.1) is 0 Å². The highest BCUT2D eigenvalue weighted by Crippen LogP contribution is 2.64. The number of piperidine rings is 1. The van der Waals surface area contributed by atoms with Crippen LogP contribution in [0.25, 0.3) is 0 Å². The van der Waals surface area contributed by atoms with Crippen LogP contribution in [0.1, 0.15) is 75.5 Å². The van der Waals surface area contributed by atoms with Crippen molar-refractivity contribution in [3.8, 4) is 11.5 Å². The summed E-state index contributed by atoms with van der Waals surface area (Å²) >= 11 is 0. The van der Waals surface area contributed by atoms with Crippen molar-refractivity contribution in [3.63, 3.8) is 0 Å². The summed E-state index contributed by atoms with van der Waals surface area (Å²) in [5, 5.41) is 0. The van der Waals surface area contributed by atoms with Gasteiger partial charge in [0.1, 0.15) is 11.9 Å². The first kappa shape index (κ1) is 26.8. The SMILES string of the molecule is CCN(CCCCCCc1ccccc1)[C@@H]1CC[C@H]2[C@H]3Cc4ccc(OC)c5c4[C@@]2(CCN3CC(C)=O)[C@H]1O5.